The molecule has 0 aromatic heterocycles. The maximum absolute atomic E-state index is 13.3. The summed E-state index contributed by atoms with van der Waals surface area (Å²) in [7, 11) is 0. The predicted octanol–water partition coefficient (Wildman–Crippen LogP) is 0.839. The molecule has 1 aliphatic heterocycles. The third kappa shape index (κ3) is 2.52. The maximum Gasteiger partial charge on any atom is 0.293 e. The number of halogens is 1. The summed E-state index contributed by atoms with van der Waals surface area (Å²) in [4.78, 5) is 15.3. The first-order valence-corrected chi connectivity index (χ1v) is 5.66. The Morgan fingerprint density at radius 1 is 1.65 bits per heavy atom. The van der Waals surface area contributed by atoms with Crippen LogP contribution in [0.1, 0.15) is 17.5 Å². The fourth-order valence-corrected chi connectivity index (χ4v) is 1.76. The number of hydrogen-bond donors (Lipinski definition) is 1. The first-order chi connectivity index (χ1) is 9.64. The van der Waals surface area contributed by atoms with Crippen LogP contribution in [0.15, 0.2) is 29.6 Å². The van der Waals surface area contributed by atoms with E-state index >= 15 is 0 Å². The summed E-state index contributed by atoms with van der Waals surface area (Å²) in [5, 5.41) is 12.6. The van der Waals surface area contributed by atoms with Crippen LogP contribution in [0.3, 0.4) is 0 Å². The van der Waals surface area contributed by atoms with Crippen molar-refractivity contribution in [3.63, 3.8) is 0 Å². The lowest BCUT2D eigenvalue weighted by Crippen LogP contribution is -2.39. The molecule has 0 radical (unpaired) electrons. The minimum atomic E-state index is -1.27. The lowest BCUT2D eigenvalue weighted by atomic mass is 10.0. The van der Waals surface area contributed by atoms with Crippen molar-refractivity contribution >= 4 is 11.7 Å². The molecule has 1 unspecified atom stereocenters. The number of hydrogen-bond acceptors (Lipinski definition) is 6. The lowest BCUT2D eigenvalue weighted by molar-refractivity contribution is -0.181. The highest BCUT2D eigenvalue weighted by Crippen LogP contribution is 2.28. The normalized spacial score (nSPS) is 20.4. The van der Waals surface area contributed by atoms with E-state index in [4.69, 9.17) is 20.6 Å². The van der Waals surface area contributed by atoms with E-state index in [1.807, 2.05) is 0 Å². The maximum atomic E-state index is 13.3. The van der Waals surface area contributed by atoms with Crippen LogP contribution < -0.4 is 5.73 Å². The van der Waals surface area contributed by atoms with E-state index in [1.54, 1.807) is 6.07 Å². The highest BCUT2D eigenvalue weighted by molar-refractivity contribution is 6.01. The molecular weight excluding hydrogens is 265 g/mol. The third-order valence-corrected chi connectivity index (χ3v) is 2.81. The Bertz CT molecular complexity index is 647. The van der Waals surface area contributed by atoms with Gasteiger partial charge in [-0.1, -0.05) is 11.2 Å². The molecular formula is C13H10FN3O3. The molecule has 0 saturated heterocycles. The molecule has 7 heteroatoms. The number of nitrogens with two attached hydrogens (primary N) is 1. The highest BCUT2D eigenvalue weighted by Gasteiger charge is 2.40. The van der Waals surface area contributed by atoms with Crippen LogP contribution >= 0.6 is 0 Å². The van der Waals surface area contributed by atoms with Gasteiger partial charge in [-0.05, 0) is 12.1 Å². The van der Waals surface area contributed by atoms with Crippen LogP contribution in [-0.2, 0) is 14.4 Å². The second kappa shape index (κ2) is 5.53. The number of rotatable bonds is 4. The summed E-state index contributed by atoms with van der Waals surface area (Å²) in [5.41, 5.74) is 6.43. The molecule has 2 rings (SSSR count). The van der Waals surface area contributed by atoms with E-state index in [9.17, 15) is 9.18 Å². The van der Waals surface area contributed by atoms with Gasteiger partial charge in [-0.2, -0.15) is 5.26 Å². The van der Waals surface area contributed by atoms with Crippen LogP contribution in [0.4, 0.5) is 4.39 Å². The van der Waals surface area contributed by atoms with Gasteiger partial charge in [0.15, 0.2) is 12.2 Å². The van der Waals surface area contributed by atoms with Crippen molar-refractivity contribution in [1.82, 2.24) is 0 Å². The fourth-order valence-electron chi connectivity index (χ4n) is 1.76. The molecule has 2 N–H and O–H groups in total. The number of oxime groups is 1. The molecule has 0 saturated carbocycles. The Morgan fingerprint density at radius 3 is 3.10 bits per heavy atom. The largest absolute Gasteiger partial charge is 0.445 e. The fraction of sp³-hybridized carbons (Fsp3) is 0.231. The molecule has 1 heterocycles. The average Bonchev–Trinajstić information content (AvgIpc) is 2.91. The van der Waals surface area contributed by atoms with Crippen molar-refractivity contribution in [1.29, 1.82) is 5.26 Å². The van der Waals surface area contributed by atoms with Crippen molar-refractivity contribution in [3.8, 4) is 6.07 Å². The van der Waals surface area contributed by atoms with Crippen LogP contribution in [0.2, 0.25) is 0 Å². The number of carbonyl (C=O) groups excluding carboxylic acids is 1. The van der Waals surface area contributed by atoms with Gasteiger partial charge in [-0.15, -0.1) is 0 Å². The van der Waals surface area contributed by atoms with Crippen molar-refractivity contribution in [3.05, 3.63) is 41.4 Å². The predicted molar refractivity (Wildman–Crippen MR) is 66.5 cm³/mol. The number of nitrogens with zero attached hydrogens (tertiary/aromatic N) is 2. The second-order valence-electron chi connectivity index (χ2n) is 4.08. The molecule has 0 bridgehead atoms. The molecule has 1 aliphatic rings. The van der Waals surface area contributed by atoms with E-state index in [0.29, 0.717) is 11.3 Å². The molecule has 0 aliphatic carbocycles. The summed E-state index contributed by atoms with van der Waals surface area (Å²) in [6, 6.07) is 5.75. The first kappa shape index (κ1) is 13.7. The van der Waals surface area contributed by atoms with Gasteiger partial charge >= 0.3 is 0 Å². The van der Waals surface area contributed by atoms with Gasteiger partial charge in [0.1, 0.15) is 11.9 Å². The summed E-state index contributed by atoms with van der Waals surface area (Å²) >= 11 is 0. The minimum absolute atomic E-state index is 0.0372. The van der Waals surface area contributed by atoms with Crippen molar-refractivity contribution < 1.29 is 18.8 Å². The van der Waals surface area contributed by atoms with Gasteiger partial charge < -0.3 is 15.3 Å². The van der Waals surface area contributed by atoms with Crippen LogP contribution in [-0.4, -0.2) is 24.0 Å². The third-order valence-electron chi connectivity index (χ3n) is 2.81. The van der Waals surface area contributed by atoms with Gasteiger partial charge in [-0.25, -0.2) is 9.18 Å². The lowest BCUT2D eigenvalue weighted by Gasteiger charge is -2.22. The Hall–Kier alpha value is -2.68. The van der Waals surface area contributed by atoms with E-state index in [-0.39, 0.29) is 18.5 Å². The van der Waals surface area contributed by atoms with Gasteiger partial charge in [0.25, 0.3) is 5.79 Å². The standard InChI is InChI=1S/C13H10FN3O3/c14-11-2-1-9(5-10(11)7-15)12-6-13(8-16,20-17-12)19-4-3-18/h1-2,4-5H,6,8,16H2. The van der Waals surface area contributed by atoms with Crippen molar-refractivity contribution in [2.24, 2.45) is 10.9 Å². The zero-order valence-corrected chi connectivity index (χ0v) is 10.3. The minimum Gasteiger partial charge on any atom is -0.445 e. The summed E-state index contributed by atoms with van der Waals surface area (Å²) < 4.78 is 18.3. The van der Waals surface area contributed by atoms with E-state index in [0.717, 1.165) is 6.26 Å². The van der Waals surface area contributed by atoms with Gasteiger partial charge in [0, 0.05) is 5.56 Å². The van der Waals surface area contributed by atoms with Crippen LogP contribution in [0, 0.1) is 17.1 Å². The Morgan fingerprint density at radius 2 is 2.45 bits per heavy atom. The van der Waals surface area contributed by atoms with Crippen molar-refractivity contribution in [2.75, 3.05) is 6.54 Å². The SMILES string of the molecule is N#Cc1cc(C2=NOC(CN)(OC=C=O)C2)ccc1F. The quantitative estimate of drug-likeness (QED) is 0.648. The summed E-state index contributed by atoms with van der Waals surface area (Å²) in [6.07, 6.45) is 0.967. The highest BCUT2D eigenvalue weighted by atomic mass is 19.1. The summed E-state index contributed by atoms with van der Waals surface area (Å²) in [6.45, 7) is -0.0372. The first-order valence-electron chi connectivity index (χ1n) is 5.66. The van der Waals surface area contributed by atoms with Gasteiger partial charge in [0.05, 0.1) is 24.2 Å². The molecule has 102 valence electrons. The molecule has 0 fully saturated rings. The molecule has 1 atom stereocenters. The van der Waals surface area contributed by atoms with E-state index in [2.05, 4.69) is 5.16 Å². The molecule has 0 amide bonds. The molecule has 1 aromatic rings. The van der Waals surface area contributed by atoms with Crippen LogP contribution in [0.5, 0.6) is 0 Å². The smallest absolute Gasteiger partial charge is 0.293 e. The molecule has 0 spiro atoms. The second-order valence-corrected chi connectivity index (χ2v) is 4.08. The molecule has 1 aromatic carbocycles. The topological polar surface area (TPSA) is 97.7 Å². The number of ether oxygens (including phenoxy) is 1. The van der Waals surface area contributed by atoms with E-state index < -0.39 is 11.6 Å². The Balaban J connectivity index is 2.24. The monoisotopic (exact) mass is 275 g/mol. The zero-order chi connectivity index (χ0) is 14.6. The molecule has 20 heavy (non-hydrogen) atoms. The summed E-state index contributed by atoms with van der Waals surface area (Å²) in [5.74, 6) is -0.422. The Kier molecular flexibility index (Phi) is 3.80. The van der Waals surface area contributed by atoms with Gasteiger partial charge in [0.2, 0.25) is 0 Å². The van der Waals surface area contributed by atoms with Gasteiger partial charge in [-0.3, -0.25) is 0 Å². The zero-order valence-electron chi connectivity index (χ0n) is 10.3. The van der Waals surface area contributed by atoms with Crippen molar-refractivity contribution in [2.45, 2.75) is 12.2 Å². The van der Waals surface area contributed by atoms with E-state index in [1.165, 1.54) is 24.1 Å². The van der Waals surface area contributed by atoms with Crippen LogP contribution in [0.25, 0.3) is 0 Å². The number of benzene rings is 1. The average molecular weight is 275 g/mol. The molecule has 6 nitrogen and oxygen atoms in total. The number of nitriles is 1. The Labute approximate surface area is 113 Å².